The Kier molecular flexibility index (Phi) is 2.69. The van der Waals surface area contributed by atoms with Gasteiger partial charge in [-0.05, 0) is 23.8 Å². The molecule has 0 bridgehead atoms. The van der Waals surface area contributed by atoms with Crippen LogP contribution in [0.3, 0.4) is 0 Å². The lowest BCUT2D eigenvalue weighted by Crippen LogP contribution is -2.40. The molecule has 0 fully saturated rings. The van der Waals surface area contributed by atoms with Crippen LogP contribution in [0.15, 0.2) is 41.5 Å². The van der Waals surface area contributed by atoms with Crippen molar-refractivity contribution in [2.75, 3.05) is 5.12 Å². The quantitative estimate of drug-likeness (QED) is 0.825. The van der Waals surface area contributed by atoms with E-state index in [1.54, 1.807) is 6.20 Å². The van der Waals surface area contributed by atoms with Gasteiger partial charge in [-0.15, -0.1) is 0 Å². The van der Waals surface area contributed by atoms with E-state index < -0.39 is 5.82 Å². The number of nitrogens with one attached hydrogen (secondary N) is 1. The summed E-state index contributed by atoms with van der Waals surface area (Å²) in [4.78, 5) is 16.8. The van der Waals surface area contributed by atoms with E-state index in [1.807, 2.05) is 0 Å². The number of rotatable bonds is 2. The molecule has 0 atom stereocenters. The second-order valence-corrected chi connectivity index (χ2v) is 3.97. The first-order chi connectivity index (χ1) is 9.20. The first-order valence-electron chi connectivity index (χ1n) is 5.53. The maximum absolute atomic E-state index is 13.2. The largest absolute Gasteiger partial charge is 0.394 e. The molecule has 7 heteroatoms. The van der Waals surface area contributed by atoms with Crippen LogP contribution in [0.4, 0.5) is 4.39 Å². The maximum atomic E-state index is 13.2. The summed E-state index contributed by atoms with van der Waals surface area (Å²) in [6.45, 7) is -0.339. The third-order valence-corrected chi connectivity index (χ3v) is 2.82. The Labute approximate surface area is 106 Å². The third-order valence-electron chi connectivity index (χ3n) is 2.82. The van der Waals surface area contributed by atoms with Crippen molar-refractivity contribution >= 4 is 10.9 Å². The van der Waals surface area contributed by atoms with Crippen LogP contribution in [0.5, 0.6) is 0 Å². The number of aromatic nitrogens is 1. The molecule has 98 valence electrons. The van der Waals surface area contributed by atoms with Gasteiger partial charge in [-0.1, -0.05) is 0 Å². The number of pyridine rings is 1. The normalized spacial score (nSPS) is 14.1. The topological polar surface area (TPSA) is 66.7 Å². The fourth-order valence-electron chi connectivity index (χ4n) is 2.01. The highest BCUT2D eigenvalue weighted by Gasteiger charge is 2.15. The average molecular weight is 263 g/mol. The Hall–Kier alpha value is -2.38. The van der Waals surface area contributed by atoms with E-state index >= 15 is 0 Å². The molecular weight excluding hydrogens is 253 g/mol. The van der Waals surface area contributed by atoms with Crippen molar-refractivity contribution in [1.82, 2.24) is 10.3 Å². The Morgan fingerprint density at radius 3 is 2.89 bits per heavy atom. The first kappa shape index (κ1) is 11.7. The number of benzene rings is 1. The zero-order chi connectivity index (χ0) is 13.4. The van der Waals surface area contributed by atoms with E-state index in [2.05, 4.69) is 5.59 Å². The molecule has 0 aliphatic carbocycles. The lowest BCUT2D eigenvalue weighted by molar-refractivity contribution is 0.138. The zero-order valence-electron chi connectivity index (χ0n) is 9.71. The van der Waals surface area contributed by atoms with Gasteiger partial charge in [0.2, 0.25) is 0 Å². The third kappa shape index (κ3) is 1.85. The van der Waals surface area contributed by atoms with Crippen molar-refractivity contribution < 1.29 is 14.3 Å². The number of hydrogen-bond donors (Lipinski definition) is 2. The van der Waals surface area contributed by atoms with E-state index in [1.165, 1.54) is 34.3 Å². The average Bonchev–Trinajstić information content (AvgIpc) is 2.92. The molecule has 1 aromatic heterocycles. The Morgan fingerprint density at radius 1 is 1.37 bits per heavy atom. The summed E-state index contributed by atoms with van der Waals surface area (Å²) in [5.74, 6) is -0.492. The van der Waals surface area contributed by atoms with Crippen molar-refractivity contribution in [3.63, 3.8) is 0 Å². The van der Waals surface area contributed by atoms with E-state index in [9.17, 15) is 14.3 Å². The van der Waals surface area contributed by atoms with Crippen LogP contribution in [0.25, 0.3) is 10.9 Å². The molecular formula is C12H10FN3O3. The minimum atomic E-state index is -0.492. The van der Waals surface area contributed by atoms with Crippen LogP contribution in [-0.2, 0) is 11.4 Å². The second kappa shape index (κ2) is 4.38. The van der Waals surface area contributed by atoms with Crippen LogP contribution in [-0.4, -0.2) is 9.78 Å². The SMILES string of the molecule is O=c1cc(CO)n(N2C=CON2)c2ccc(F)cc12. The van der Waals surface area contributed by atoms with Gasteiger partial charge in [0, 0.05) is 6.07 Å². The number of hydrazine groups is 1. The van der Waals surface area contributed by atoms with Gasteiger partial charge in [0.25, 0.3) is 0 Å². The minimum Gasteiger partial charge on any atom is -0.394 e. The van der Waals surface area contributed by atoms with Gasteiger partial charge < -0.3 is 9.94 Å². The highest BCUT2D eigenvalue weighted by atomic mass is 19.1. The molecule has 1 aliphatic heterocycles. The first-order valence-corrected chi connectivity index (χ1v) is 5.53. The van der Waals surface area contributed by atoms with Gasteiger partial charge in [0.15, 0.2) is 5.43 Å². The maximum Gasteiger partial charge on any atom is 0.190 e. The number of aliphatic hydroxyl groups excluding tert-OH is 1. The van der Waals surface area contributed by atoms with E-state index in [0.717, 1.165) is 6.07 Å². The summed E-state index contributed by atoms with van der Waals surface area (Å²) in [5, 5.41) is 11.0. The highest BCUT2D eigenvalue weighted by Crippen LogP contribution is 2.16. The lowest BCUT2D eigenvalue weighted by Gasteiger charge is -2.23. The van der Waals surface area contributed by atoms with Crippen LogP contribution in [0.2, 0.25) is 0 Å². The van der Waals surface area contributed by atoms with Gasteiger partial charge in [-0.25, -0.2) is 9.07 Å². The standard InChI is InChI=1S/C12H10FN3O3/c13-8-1-2-11-10(5-8)12(18)6-9(7-17)16(11)15-3-4-19-14-15/h1-6,14,17H,7H2. The molecule has 19 heavy (non-hydrogen) atoms. The van der Waals surface area contributed by atoms with Crippen molar-refractivity contribution in [2.45, 2.75) is 6.61 Å². The fourth-order valence-corrected chi connectivity index (χ4v) is 2.01. The molecule has 6 nitrogen and oxygen atoms in total. The smallest absolute Gasteiger partial charge is 0.190 e. The predicted molar refractivity (Wildman–Crippen MR) is 65.7 cm³/mol. The number of fused-ring (bicyclic) bond motifs is 1. The van der Waals surface area contributed by atoms with Crippen molar-refractivity contribution in [3.05, 3.63) is 58.5 Å². The molecule has 3 rings (SSSR count). The van der Waals surface area contributed by atoms with Gasteiger partial charge in [-0.3, -0.25) is 4.79 Å². The Balaban J connectivity index is 2.36. The monoisotopic (exact) mass is 263 g/mol. The number of aliphatic hydroxyl groups is 1. The van der Waals surface area contributed by atoms with Crippen LogP contribution >= 0.6 is 0 Å². The zero-order valence-corrected chi connectivity index (χ0v) is 9.71. The summed E-state index contributed by atoms with van der Waals surface area (Å²) in [7, 11) is 0. The predicted octanol–water partition coefficient (Wildman–Crippen LogP) is 0.492. The summed E-state index contributed by atoms with van der Waals surface area (Å²) in [6.07, 6.45) is 2.96. The number of nitrogens with zero attached hydrogens (tertiary/aromatic N) is 2. The van der Waals surface area contributed by atoms with Crippen molar-refractivity contribution in [2.24, 2.45) is 0 Å². The molecule has 0 saturated carbocycles. The molecule has 2 aromatic rings. The van der Waals surface area contributed by atoms with Gasteiger partial charge in [-0.2, -0.15) is 5.12 Å². The lowest BCUT2D eigenvalue weighted by atomic mass is 10.2. The summed E-state index contributed by atoms with van der Waals surface area (Å²) >= 11 is 0. The molecule has 2 N–H and O–H groups in total. The summed E-state index contributed by atoms with van der Waals surface area (Å²) in [5.41, 5.74) is 3.02. The Morgan fingerprint density at radius 2 is 2.21 bits per heavy atom. The molecule has 0 saturated heterocycles. The molecule has 0 radical (unpaired) electrons. The fraction of sp³-hybridized carbons (Fsp3) is 0.0833. The minimum absolute atomic E-state index is 0.222. The molecule has 1 aliphatic rings. The van der Waals surface area contributed by atoms with Crippen molar-refractivity contribution in [3.8, 4) is 0 Å². The van der Waals surface area contributed by atoms with Gasteiger partial charge in [0.1, 0.15) is 12.1 Å². The molecule has 0 unspecified atom stereocenters. The van der Waals surface area contributed by atoms with E-state index in [-0.39, 0.29) is 17.4 Å². The van der Waals surface area contributed by atoms with E-state index in [0.29, 0.717) is 11.2 Å². The van der Waals surface area contributed by atoms with Crippen LogP contribution in [0, 0.1) is 5.82 Å². The summed E-state index contributed by atoms with van der Waals surface area (Å²) in [6, 6.07) is 5.14. The highest BCUT2D eigenvalue weighted by molar-refractivity contribution is 5.79. The van der Waals surface area contributed by atoms with Crippen LogP contribution < -0.4 is 16.1 Å². The van der Waals surface area contributed by atoms with Gasteiger partial charge >= 0.3 is 0 Å². The van der Waals surface area contributed by atoms with Gasteiger partial charge in [0.05, 0.1) is 29.4 Å². The number of halogens is 1. The second-order valence-electron chi connectivity index (χ2n) is 3.97. The van der Waals surface area contributed by atoms with Crippen molar-refractivity contribution in [1.29, 1.82) is 0 Å². The van der Waals surface area contributed by atoms with Crippen LogP contribution in [0.1, 0.15) is 5.69 Å². The molecule has 1 aromatic carbocycles. The Bertz CT molecular complexity index is 726. The molecule has 2 heterocycles. The molecule has 0 spiro atoms. The summed E-state index contributed by atoms with van der Waals surface area (Å²) < 4.78 is 14.8. The van der Waals surface area contributed by atoms with E-state index in [4.69, 9.17) is 4.84 Å². The number of hydrogen-bond acceptors (Lipinski definition) is 5. The molecule has 0 amide bonds.